The average molecular weight is 282 g/mol. The monoisotopic (exact) mass is 282 g/mol. The summed E-state index contributed by atoms with van der Waals surface area (Å²) in [5, 5.41) is 9.19. The highest BCUT2D eigenvalue weighted by Gasteiger charge is 2.19. The molecule has 21 heavy (non-hydrogen) atoms. The third-order valence-corrected chi connectivity index (χ3v) is 3.39. The van der Waals surface area contributed by atoms with E-state index in [1.165, 1.54) is 6.07 Å². The van der Waals surface area contributed by atoms with Gasteiger partial charge in [-0.2, -0.15) is 0 Å². The van der Waals surface area contributed by atoms with Gasteiger partial charge in [-0.1, -0.05) is 57.2 Å². The lowest BCUT2D eigenvalue weighted by Crippen LogP contribution is -2.14. The van der Waals surface area contributed by atoms with Crippen molar-refractivity contribution in [3.63, 3.8) is 0 Å². The number of benzene rings is 2. The molecule has 0 bridgehead atoms. The summed E-state index contributed by atoms with van der Waals surface area (Å²) in [5.41, 5.74) is 1.74. The topological polar surface area (TPSA) is 54.4 Å². The van der Waals surface area contributed by atoms with Gasteiger partial charge < -0.3 is 5.11 Å². The predicted molar refractivity (Wildman–Crippen MR) is 82.0 cm³/mol. The fourth-order valence-corrected chi connectivity index (χ4v) is 2.15. The molecule has 0 aliphatic rings. The molecule has 0 aromatic heterocycles. The lowest BCUT2D eigenvalue weighted by Gasteiger charge is -2.19. The van der Waals surface area contributed by atoms with E-state index in [0.29, 0.717) is 5.56 Å². The first kappa shape index (κ1) is 15.0. The van der Waals surface area contributed by atoms with Crippen molar-refractivity contribution in [2.24, 2.45) is 0 Å². The largest absolute Gasteiger partial charge is 0.478 e. The normalized spacial score (nSPS) is 11.2. The molecule has 0 saturated heterocycles. The fourth-order valence-electron chi connectivity index (χ4n) is 2.15. The fraction of sp³-hybridized carbons (Fsp3) is 0.222. The summed E-state index contributed by atoms with van der Waals surface area (Å²) < 4.78 is 0. The van der Waals surface area contributed by atoms with Gasteiger partial charge in [-0.05, 0) is 23.1 Å². The van der Waals surface area contributed by atoms with Crippen molar-refractivity contribution in [3.05, 3.63) is 70.8 Å². The minimum Gasteiger partial charge on any atom is -0.478 e. The number of rotatable bonds is 3. The molecule has 3 nitrogen and oxygen atoms in total. The Morgan fingerprint density at radius 2 is 1.52 bits per heavy atom. The predicted octanol–water partition coefficient (Wildman–Crippen LogP) is 3.91. The van der Waals surface area contributed by atoms with Gasteiger partial charge in [0, 0.05) is 11.1 Å². The molecular formula is C18H18O3. The van der Waals surface area contributed by atoms with Gasteiger partial charge in [0.05, 0.1) is 5.56 Å². The van der Waals surface area contributed by atoms with Crippen molar-refractivity contribution < 1.29 is 14.7 Å². The van der Waals surface area contributed by atoms with Crippen molar-refractivity contribution >= 4 is 11.8 Å². The van der Waals surface area contributed by atoms with E-state index in [-0.39, 0.29) is 22.3 Å². The number of ketones is 1. The molecule has 0 atom stereocenters. The Morgan fingerprint density at radius 3 is 2.10 bits per heavy atom. The highest BCUT2D eigenvalue weighted by Crippen LogP contribution is 2.24. The lowest BCUT2D eigenvalue weighted by molar-refractivity contribution is 0.0693. The summed E-state index contributed by atoms with van der Waals surface area (Å²) >= 11 is 0. The van der Waals surface area contributed by atoms with E-state index in [2.05, 4.69) is 20.8 Å². The lowest BCUT2D eigenvalue weighted by atomic mass is 9.85. The minimum absolute atomic E-state index is 0.0312. The number of hydrogen-bond acceptors (Lipinski definition) is 2. The van der Waals surface area contributed by atoms with Crippen LogP contribution in [0.4, 0.5) is 0 Å². The van der Waals surface area contributed by atoms with Crippen molar-refractivity contribution in [2.75, 3.05) is 0 Å². The van der Waals surface area contributed by atoms with Gasteiger partial charge in [-0.25, -0.2) is 4.79 Å². The van der Waals surface area contributed by atoms with Crippen LogP contribution in [0, 0.1) is 0 Å². The van der Waals surface area contributed by atoms with Crippen LogP contribution in [-0.4, -0.2) is 16.9 Å². The molecule has 0 saturated carbocycles. The summed E-state index contributed by atoms with van der Waals surface area (Å²) in [4.78, 5) is 23.8. The second kappa shape index (κ2) is 5.52. The molecule has 3 heteroatoms. The molecule has 0 heterocycles. The zero-order valence-corrected chi connectivity index (χ0v) is 12.4. The first-order valence-corrected chi connectivity index (χ1v) is 6.78. The van der Waals surface area contributed by atoms with E-state index < -0.39 is 5.97 Å². The average Bonchev–Trinajstić information content (AvgIpc) is 2.45. The van der Waals surface area contributed by atoms with Crippen LogP contribution in [0.2, 0.25) is 0 Å². The Labute approximate surface area is 124 Å². The van der Waals surface area contributed by atoms with Gasteiger partial charge in [-0.15, -0.1) is 0 Å². The number of carbonyl (C=O) groups excluding carboxylic acids is 1. The van der Waals surface area contributed by atoms with Gasteiger partial charge in [0.25, 0.3) is 0 Å². The smallest absolute Gasteiger partial charge is 0.336 e. The van der Waals surface area contributed by atoms with Crippen molar-refractivity contribution in [3.8, 4) is 0 Å². The molecule has 1 N–H and O–H groups in total. The minimum atomic E-state index is -1.09. The molecule has 2 aromatic rings. The molecule has 0 unspecified atom stereocenters. The van der Waals surface area contributed by atoms with Crippen LogP contribution < -0.4 is 0 Å². The highest BCUT2D eigenvalue weighted by atomic mass is 16.4. The van der Waals surface area contributed by atoms with Crippen LogP contribution in [0.15, 0.2) is 48.5 Å². The second-order valence-electron chi connectivity index (χ2n) is 6.01. The summed E-state index contributed by atoms with van der Waals surface area (Å²) in [5.74, 6) is -1.36. The van der Waals surface area contributed by atoms with Crippen LogP contribution in [-0.2, 0) is 5.41 Å². The Balaban J connectivity index is 2.49. The van der Waals surface area contributed by atoms with E-state index in [4.69, 9.17) is 0 Å². The third-order valence-electron chi connectivity index (χ3n) is 3.39. The number of carboxylic acids is 1. The Hall–Kier alpha value is -2.42. The molecule has 108 valence electrons. The first-order chi connectivity index (χ1) is 9.80. The van der Waals surface area contributed by atoms with Crippen LogP contribution >= 0.6 is 0 Å². The SMILES string of the molecule is CC(C)(C)c1cccc(C(=O)c2ccccc2C(=O)O)c1. The van der Waals surface area contributed by atoms with Gasteiger partial charge >= 0.3 is 5.97 Å². The molecule has 2 aromatic carbocycles. The molecule has 0 fully saturated rings. The number of hydrogen-bond donors (Lipinski definition) is 1. The zero-order valence-electron chi connectivity index (χ0n) is 12.4. The van der Waals surface area contributed by atoms with Crippen LogP contribution in [0.25, 0.3) is 0 Å². The Morgan fingerprint density at radius 1 is 0.905 bits per heavy atom. The summed E-state index contributed by atoms with van der Waals surface area (Å²) in [6.45, 7) is 6.21. The molecule has 0 spiro atoms. The summed E-state index contributed by atoms with van der Waals surface area (Å²) in [6.07, 6.45) is 0. The second-order valence-corrected chi connectivity index (χ2v) is 6.01. The van der Waals surface area contributed by atoms with Gasteiger partial charge in [-0.3, -0.25) is 4.79 Å². The van der Waals surface area contributed by atoms with Gasteiger partial charge in [0.15, 0.2) is 5.78 Å². The number of aromatic carboxylic acids is 1. The van der Waals surface area contributed by atoms with Crippen molar-refractivity contribution in [1.82, 2.24) is 0 Å². The van der Waals surface area contributed by atoms with E-state index in [0.717, 1.165) is 5.56 Å². The molecule has 0 radical (unpaired) electrons. The summed E-state index contributed by atoms with van der Waals surface area (Å²) in [7, 11) is 0. The number of carboxylic acid groups (broad SMARTS) is 1. The van der Waals surface area contributed by atoms with E-state index in [1.54, 1.807) is 24.3 Å². The Kier molecular flexibility index (Phi) is 3.94. The maximum absolute atomic E-state index is 12.6. The number of carbonyl (C=O) groups is 2. The van der Waals surface area contributed by atoms with Crippen molar-refractivity contribution in [2.45, 2.75) is 26.2 Å². The van der Waals surface area contributed by atoms with Gasteiger partial charge in [0.2, 0.25) is 0 Å². The molecule has 0 amide bonds. The quantitative estimate of drug-likeness (QED) is 0.868. The molecular weight excluding hydrogens is 264 g/mol. The standard InChI is InChI=1S/C18H18O3/c1-18(2,3)13-8-6-7-12(11-13)16(19)14-9-4-5-10-15(14)17(20)21/h4-11H,1-3H3,(H,20,21). The van der Waals surface area contributed by atoms with Gasteiger partial charge in [0.1, 0.15) is 0 Å². The maximum Gasteiger partial charge on any atom is 0.336 e. The summed E-state index contributed by atoms with van der Waals surface area (Å²) in [6, 6.07) is 13.6. The van der Waals surface area contributed by atoms with E-state index in [9.17, 15) is 14.7 Å². The molecule has 0 aliphatic carbocycles. The maximum atomic E-state index is 12.6. The molecule has 0 aliphatic heterocycles. The van der Waals surface area contributed by atoms with Crippen LogP contribution in [0.1, 0.15) is 52.6 Å². The molecule has 2 rings (SSSR count). The van der Waals surface area contributed by atoms with Crippen LogP contribution in [0.3, 0.4) is 0 Å². The van der Waals surface area contributed by atoms with Crippen LogP contribution in [0.5, 0.6) is 0 Å². The Bertz CT molecular complexity index is 694. The van der Waals surface area contributed by atoms with E-state index >= 15 is 0 Å². The highest BCUT2D eigenvalue weighted by molar-refractivity contribution is 6.14. The van der Waals surface area contributed by atoms with E-state index in [1.807, 2.05) is 18.2 Å². The first-order valence-electron chi connectivity index (χ1n) is 6.78. The van der Waals surface area contributed by atoms with Crippen molar-refractivity contribution in [1.29, 1.82) is 0 Å². The third kappa shape index (κ3) is 3.19. The zero-order chi connectivity index (χ0) is 15.6.